The second kappa shape index (κ2) is 5.36. The van der Waals surface area contributed by atoms with Gasteiger partial charge in [-0.15, -0.1) is 0 Å². The summed E-state index contributed by atoms with van der Waals surface area (Å²) in [6, 6.07) is 0. The van der Waals surface area contributed by atoms with E-state index in [1.807, 2.05) is 4.90 Å². The van der Waals surface area contributed by atoms with Gasteiger partial charge in [-0.25, -0.2) is 0 Å². The molecular formula is C13H24N2O2. The van der Waals surface area contributed by atoms with Gasteiger partial charge in [0.15, 0.2) is 0 Å². The second-order valence-electron chi connectivity index (χ2n) is 5.50. The van der Waals surface area contributed by atoms with Crippen molar-refractivity contribution in [1.82, 2.24) is 10.2 Å². The lowest BCUT2D eigenvalue weighted by Gasteiger charge is -2.39. The Bertz CT molecular complexity index is 269. The Balaban J connectivity index is 2.06. The van der Waals surface area contributed by atoms with Crippen molar-refractivity contribution >= 4 is 5.91 Å². The van der Waals surface area contributed by atoms with E-state index in [0.717, 1.165) is 51.7 Å². The third kappa shape index (κ3) is 2.63. The first-order valence-corrected chi connectivity index (χ1v) is 6.86. The number of hydrogen-bond acceptors (Lipinski definition) is 3. The van der Waals surface area contributed by atoms with Crippen molar-refractivity contribution in [2.45, 2.75) is 45.1 Å². The van der Waals surface area contributed by atoms with E-state index < -0.39 is 0 Å². The fourth-order valence-electron chi connectivity index (χ4n) is 3.21. The summed E-state index contributed by atoms with van der Waals surface area (Å²) in [5.74, 6) is 0.267. The molecule has 2 fully saturated rings. The molecule has 2 aliphatic rings. The summed E-state index contributed by atoms with van der Waals surface area (Å²) < 4.78 is 0. The maximum atomic E-state index is 12.6. The summed E-state index contributed by atoms with van der Waals surface area (Å²) in [6.45, 7) is 5.24. The standard InChI is InChI=1S/C13H24N2O2/c1-2-5-13(6-3-7-14-10-13)12(17)15-8-4-11(16)9-15/h11,14,16H,2-10H2,1H3/t11-,13?/m0/s1. The lowest BCUT2D eigenvalue weighted by Crippen LogP contribution is -2.51. The van der Waals surface area contributed by atoms with E-state index in [0.29, 0.717) is 6.54 Å². The molecule has 1 amide bonds. The number of β-amino-alcohol motifs (C(OH)–C–C–N with tert-alkyl or cyclic N) is 1. The van der Waals surface area contributed by atoms with Crippen LogP contribution in [0, 0.1) is 5.41 Å². The van der Waals surface area contributed by atoms with Crippen molar-refractivity contribution in [2.75, 3.05) is 26.2 Å². The van der Waals surface area contributed by atoms with E-state index >= 15 is 0 Å². The van der Waals surface area contributed by atoms with E-state index in [1.165, 1.54) is 0 Å². The van der Waals surface area contributed by atoms with Crippen LogP contribution >= 0.6 is 0 Å². The minimum absolute atomic E-state index is 0.197. The number of likely N-dealkylation sites (tertiary alicyclic amines) is 1. The number of hydrogen-bond donors (Lipinski definition) is 2. The summed E-state index contributed by atoms with van der Waals surface area (Å²) in [6.07, 6.45) is 4.52. The summed E-state index contributed by atoms with van der Waals surface area (Å²) in [5.41, 5.74) is -0.197. The average molecular weight is 240 g/mol. The van der Waals surface area contributed by atoms with Crippen LogP contribution in [-0.4, -0.2) is 48.2 Å². The van der Waals surface area contributed by atoms with E-state index in [9.17, 15) is 9.90 Å². The van der Waals surface area contributed by atoms with Crippen molar-refractivity contribution in [3.63, 3.8) is 0 Å². The molecule has 2 atom stereocenters. The third-order valence-corrected chi connectivity index (χ3v) is 4.11. The first-order valence-electron chi connectivity index (χ1n) is 6.86. The number of amides is 1. The monoisotopic (exact) mass is 240 g/mol. The lowest BCUT2D eigenvalue weighted by atomic mass is 9.76. The Morgan fingerprint density at radius 3 is 2.94 bits per heavy atom. The third-order valence-electron chi connectivity index (χ3n) is 4.11. The topological polar surface area (TPSA) is 52.6 Å². The highest BCUT2D eigenvalue weighted by Gasteiger charge is 2.42. The Labute approximate surface area is 103 Å². The number of aliphatic hydroxyl groups excluding tert-OH is 1. The number of nitrogens with zero attached hydrogens (tertiary/aromatic N) is 1. The molecule has 17 heavy (non-hydrogen) atoms. The van der Waals surface area contributed by atoms with Crippen LogP contribution in [-0.2, 0) is 4.79 Å². The molecule has 2 rings (SSSR count). The highest BCUT2D eigenvalue weighted by atomic mass is 16.3. The maximum Gasteiger partial charge on any atom is 0.230 e. The second-order valence-corrected chi connectivity index (χ2v) is 5.50. The quantitative estimate of drug-likeness (QED) is 0.765. The van der Waals surface area contributed by atoms with Gasteiger partial charge in [0, 0.05) is 19.6 Å². The van der Waals surface area contributed by atoms with Crippen molar-refractivity contribution in [3.8, 4) is 0 Å². The smallest absolute Gasteiger partial charge is 0.230 e. The minimum atomic E-state index is -0.311. The van der Waals surface area contributed by atoms with E-state index in [-0.39, 0.29) is 17.4 Å². The van der Waals surface area contributed by atoms with Crippen LogP contribution in [0.3, 0.4) is 0 Å². The zero-order valence-corrected chi connectivity index (χ0v) is 10.7. The predicted octanol–water partition coefficient (Wildman–Crippen LogP) is 0.750. The summed E-state index contributed by atoms with van der Waals surface area (Å²) in [4.78, 5) is 14.5. The molecular weight excluding hydrogens is 216 g/mol. The molecule has 2 heterocycles. The Hall–Kier alpha value is -0.610. The number of aliphatic hydroxyl groups is 1. The molecule has 0 aromatic rings. The summed E-state index contributed by atoms with van der Waals surface area (Å²) >= 11 is 0. The Kier molecular flexibility index (Phi) is 4.05. The van der Waals surface area contributed by atoms with Crippen LogP contribution in [0.4, 0.5) is 0 Å². The molecule has 4 heteroatoms. The van der Waals surface area contributed by atoms with Crippen molar-refractivity contribution in [3.05, 3.63) is 0 Å². The van der Waals surface area contributed by atoms with Gasteiger partial charge in [-0.2, -0.15) is 0 Å². The first kappa shape index (κ1) is 12.8. The van der Waals surface area contributed by atoms with Gasteiger partial charge >= 0.3 is 0 Å². The number of piperidine rings is 1. The first-order chi connectivity index (χ1) is 8.18. The Morgan fingerprint density at radius 2 is 2.41 bits per heavy atom. The highest BCUT2D eigenvalue weighted by molar-refractivity contribution is 5.83. The van der Waals surface area contributed by atoms with Crippen LogP contribution < -0.4 is 5.32 Å². The minimum Gasteiger partial charge on any atom is -0.391 e. The van der Waals surface area contributed by atoms with E-state index in [1.54, 1.807) is 0 Å². The summed E-state index contributed by atoms with van der Waals surface area (Å²) in [5, 5.41) is 12.9. The molecule has 2 N–H and O–H groups in total. The molecule has 0 aromatic heterocycles. The summed E-state index contributed by atoms with van der Waals surface area (Å²) in [7, 11) is 0. The molecule has 0 saturated carbocycles. The van der Waals surface area contributed by atoms with Gasteiger partial charge in [-0.1, -0.05) is 13.3 Å². The number of carbonyl (C=O) groups is 1. The van der Waals surface area contributed by atoms with Gasteiger partial charge in [0.2, 0.25) is 5.91 Å². The molecule has 0 aromatic carbocycles. The van der Waals surface area contributed by atoms with Crippen LogP contribution in [0.1, 0.15) is 39.0 Å². The van der Waals surface area contributed by atoms with Crippen LogP contribution in [0.25, 0.3) is 0 Å². The Morgan fingerprint density at radius 1 is 1.59 bits per heavy atom. The van der Waals surface area contributed by atoms with Crippen LogP contribution in [0.5, 0.6) is 0 Å². The highest BCUT2D eigenvalue weighted by Crippen LogP contribution is 2.34. The molecule has 1 unspecified atom stereocenters. The maximum absolute atomic E-state index is 12.6. The van der Waals surface area contributed by atoms with Crippen LogP contribution in [0.2, 0.25) is 0 Å². The lowest BCUT2D eigenvalue weighted by molar-refractivity contribution is -0.143. The zero-order valence-electron chi connectivity index (χ0n) is 10.7. The molecule has 0 spiro atoms. The molecule has 0 aliphatic carbocycles. The molecule has 98 valence electrons. The number of nitrogens with one attached hydrogen (secondary N) is 1. The van der Waals surface area contributed by atoms with Gasteiger partial charge in [0.25, 0.3) is 0 Å². The molecule has 2 saturated heterocycles. The largest absolute Gasteiger partial charge is 0.391 e. The van der Waals surface area contributed by atoms with Gasteiger partial charge in [0.1, 0.15) is 0 Å². The molecule has 0 radical (unpaired) electrons. The normalized spacial score (nSPS) is 34.0. The van der Waals surface area contributed by atoms with Gasteiger partial charge in [-0.05, 0) is 32.2 Å². The van der Waals surface area contributed by atoms with Crippen LogP contribution in [0.15, 0.2) is 0 Å². The fraction of sp³-hybridized carbons (Fsp3) is 0.923. The van der Waals surface area contributed by atoms with Gasteiger partial charge in [0.05, 0.1) is 11.5 Å². The van der Waals surface area contributed by atoms with E-state index in [2.05, 4.69) is 12.2 Å². The average Bonchev–Trinajstić information content (AvgIpc) is 2.76. The SMILES string of the molecule is CCCC1(C(=O)N2CC[C@H](O)C2)CCCNC1. The van der Waals surface area contributed by atoms with Gasteiger partial charge < -0.3 is 15.3 Å². The zero-order chi connectivity index (χ0) is 12.3. The predicted molar refractivity (Wildman–Crippen MR) is 66.6 cm³/mol. The van der Waals surface area contributed by atoms with Crippen molar-refractivity contribution < 1.29 is 9.90 Å². The fourth-order valence-corrected chi connectivity index (χ4v) is 3.21. The molecule has 4 nitrogen and oxygen atoms in total. The van der Waals surface area contributed by atoms with Crippen molar-refractivity contribution in [1.29, 1.82) is 0 Å². The van der Waals surface area contributed by atoms with Gasteiger partial charge in [-0.3, -0.25) is 4.79 Å². The van der Waals surface area contributed by atoms with Crippen molar-refractivity contribution in [2.24, 2.45) is 5.41 Å². The molecule has 0 bridgehead atoms. The van der Waals surface area contributed by atoms with E-state index in [4.69, 9.17) is 0 Å². The number of rotatable bonds is 3. The number of carbonyl (C=O) groups excluding carboxylic acids is 1. The molecule has 2 aliphatic heterocycles.